The summed E-state index contributed by atoms with van der Waals surface area (Å²) in [5.41, 5.74) is -3.52. The number of hydrogen-bond acceptors (Lipinski definition) is 10. The van der Waals surface area contributed by atoms with E-state index in [9.17, 15) is 39.6 Å². The number of carbonyl (C=O) groups excluding carboxylic acids is 4. The molecule has 10 nitrogen and oxygen atoms in total. The number of aliphatic hydroxyl groups is 3. The quantitative estimate of drug-likeness (QED) is 0.181. The van der Waals surface area contributed by atoms with E-state index in [1.54, 1.807) is 45.9 Å². The van der Waals surface area contributed by atoms with Crippen molar-refractivity contribution in [2.45, 2.75) is 59.5 Å². The molecule has 0 aliphatic heterocycles. The van der Waals surface area contributed by atoms with Gasteiger partial charge in [0, 0.05) is 29.4 Å². The predicted molar refractivity (Wildman–Crippen MR) is 167 cm³/mol. The summed E-state index contributed by atoms with van der Waals surface area (Å²) in [7, 11) is 1.52. The molecule has 0 bridgehead atoms. The molecular weight excluding hydrogens is 592 g/mol. The highest BCUT2D eigenvalue weighted by molar-refractivity contribution is 6.25. The van der Waals surface area contributed by atoms with E-state index in [1.807, 2.05) is 12.1 Å². The molecule has 10 heteroatoms. The second kappa shape index (κ2) is 11.5. The van der Waals surface area contributed by atoms with E-state index in [1.165, 1.54) is 13.2 Å². The Morgan fingerprint density at radius 3 is 2.24 bits per heavy atom. The van der Waals surface area contributed by atoms with E-state index in [-0.39, 0.29) is 48.7 Å². The molecule has 3 aliphatic carbocycles. The number of hydrogen-bond donors (Lipinski definition) is 4. The number of phenolic OH excluding ortho intramolecular Hbond substituents is 1. The maximum Gasteiger partial charge on any atom is 0.310 e. The number of ketones is 3. The average Bonchev–Trinajstić information content (AvgIpc) is 2.95. The number of rotatable bonds is 8. The van der Waals surface area contributed by atoms with Crippen LogP contribution < -0.4 is 0 Å². The topological polar surface area (TPSA) is 168 Å². The van der Waals surface area contributed by atoms with Crippen LogP contribution in [0.3, 0.4) is 0 Å². The van der Waals surface area contributed by atoms with Gasteiger partial charge in [0.1, 0.15) is 29.4 Å². The molecule has 0 radical (unpaired) electrons. The number of fused-ring (bicyclic) bond motifs is 3. The molecule has 2 aromatic rings. The summed E-state index contributed by atoms with van der Waals surface area (Å²) in [6.45, 7) is 8.50. The summed E-state index contributed by atoms with van der Waals surface area (Å²) < 4.78 is 10.0. The van der Waals surface area contributed by atoms with E-state index in [0.29, 0.717) is 17.7 Å². The van der Waals surface area contributed by atoms with Crippen molar-refractivity contribution in [3.8, 4) is 16.9 Å². The number of Topliss-reactive ketones (excluding diaryl/α,β-unsaturated/α-hetero) is 3. The third-order valence-corrected chi connectivity index (χ3v) is 10.1. The summed E-state index contributed by atoms with van der Waals surface area (Å²) in [5, 5.41) is 46.3. The van der Waals surface area contributed by atoms with Crippen LogP contribution in [0.1, 0.15) is 62.5 Å². The van der Waals surface area contributed by atoms with Crippen molar-refractivity contribution in [1.82, 2.24) is 0 Å². The van der Waals surface area contributed by atoms with Crippen molar-refractivity contribution in [3.63, 3.8) is 0 Å². The summed E-state index contributed by atoms with van der Waals surface area (Å²) in [5.74, 6) is -5.90. The van der Waals surface area contributed by atoms with E-state index in [4.69, 9.17) is 9.47 Å². The van der Waals surface area contributed by atoms with Gasteiger partial charge in [-0.1, -0.05) is 58.0 Å². The maximum absolute atomic E-state index is 14.3. The molecule has 1 unspecified atom stereocenters. The van der Waals surface area contributed by atoms with Crippen LogP contribution in [0.15, 0.2) is 59.1 Å². The number of phenols is 1. The van der Waals surface area contributed by atoms with Crippen molar-refractivity contribution < 1.29 is 49.1 Å². The lowest BCUT2D eigenvalue weighted by Gasteiger charge is -2.59. The number of benzene rings is 2. The first kappa shape index (κ1) is 33.1. The molecule has 244 valence electrons. The minimum absolute atomic E-state index is 0.00409. The van der Waals surface area contributed by atoms with E-state index in [2.05, 4.69) is 0 Å². The number of allylic oxidation sites excluding steroid dienone is 2. The molecule has 5 rings (SSSR count). The summed E-state index contributed by atoms with van der Waals surface area (Å²) in [4.78, 5) is 52.9. The molecule has 4 atom stereocenters. The van der Waals surface area contributed by atoms with Crippen molar-refractivity contribution in [3.05, 3.63) is 75.8 Å². The largest absolute Gasteiger partial charge is 0.511 e. The minimum atomic E-state index is -2.66. The van der Waals surface area contributed by atoms with Crippen LogP contribution in [0, 0.1) is 22.7 Å². The Balaban J connectivity index is 1.62. The first-order chi connectivity index (χ1) is 21.5. The van der Waals surface area contributed by atoms with Gasteiger partial charge in [0.25, 0.3) is 0 Å². The zero-order valence-corrected chi connectivity index (χ0v) is 26.9. The first-order valence-electron chi connectivity index (χ1n) is 15.3. The van der Waals surface area contributed by atoms with Gasteiger partial charge >= 0.3 is 5.97 Å². The fourth-order valence-corrected chi connectivity index (χ4v) is 8.26. The Kier molecular flexibility index (Phi) is 8.28. The fourth-order valence-electron chi connectivity index (χ4n) is 8.26. The number of aromatic hydroxyl groups is 1. The highest BCUT2D eigenvalue weighted by atomic mass is 16.6. The van der Waals surface area contributed by atoms with Crippen LogP contribution in [0.25, 0.3) is 11.1 Å². The van der Waals surface area contributed by atoms with Gasteiger partial charge in [0.2, 0.25) is 5.78 Å². The first-order valence-corrected chi connectivity index (χ1v) is 15.3. The molecule has 0 saturated heterocycles. The lowest BCUT2D eigenvalue weighted by molar-refractivity contribution is -0.171. The minimum Gasteiger partial charge on any atom is -0.511 e. The second-order valence-electron chi connectivity index (χ2n) is 13.5. The third-order valence-electron chi connectivity index (χ3n) is 10.1. The average molecular weight is 633 g/mol. The van der Waals surface area contributed by atoms with E-state index < -0.39 is 62.8 Å². The lowest BCUT2D eigenvalue weighted by Crippen LogP contribution is -2.67. The molecule has 0 saturated carbocycles. The molecule has 0 heterocycles. The molecule has 4 N–H and O–H groups in total. The SMILES string of the molecule is COCCOC(=O)Cc1ccc(-c2ccc(O)c3c2C[C@]2(C)C[C@]4(C)C(C(C)C)C(O)=C(C(C)=O)C(=O)[C@]4(O)C(O)=C2C3=O)cc1. The van der Waals surface area contributed by atoms with Gasteiger partial charge in [0.15, 0.2) is 17.2 Å². The molecule has 0 aromatic heterocycles. The van der Waals surface area contributed by atoms with Crippen molar-refractivity contribution >= 4 is 23.3 Å². The van der Waals surface area contributed by atoms with Gasteiger partial charge in [-0.2, -0.15) is 0 Å². The Hall–Kier alpha value is -4.28. The highest BCUT2D eigenvalue weighted by Gasteiger charge is 2.71. The number of aliphatic hydroxyl groups excluding tert-OH is 2. The van der Waals surface area contributed by atoms with Gasteiger partial charge in [-0.05, 0) is 54.0 Å². The van der Waals surface area contributed by atoms with Crippen LogP contribution in [0.2, 0.25) is 0 Å². The predicted octanol–water partition coefficient (Wildman–Crippen LogP) is 4.75. The Morgan fingerprint density at radius 1 is 1.00 bits per heavy atom. The Morgan fingerprint density at radius 2 is 1.65 bits per heavy atom. The maximum atomic E-state index is 14.3. The van der Waals surface area contributed by atoms with Crippen LogP contribution in [0.4, 0.5) is 0 Å². The standard InChI is InChI=1S/C36H40O10/c1-18(2)28-30(40)26(19(3)37)32(42)36(44)33(43)29-31(41)27-23(16-34(29,4)17-35(28,36)5)22(11-12-24(27)38)21-9-7-20(8-10-21)15-25(39)46-14-13-45-6/h7-12,18,28,38,40,43-44H,13-17H2,1-6H3/t28?,34-,35-,36+/m1/s1. The van der Waals surface area contributed by atoms with Gasteiger partial charge in [-0.3, -0.25) is 19.2 Å². The molecule has 0 fully saturated rings. The zero-order valence-electron chi connectivity index (χ0n) is 26.9. The third kappa shape index (κ3) is 4.77. The highest BCUT2D eigenvalue weighted by Crippen LogP contribution is 2.65. The molecule has 46 heavy (non-hydrogen) atoms. The van der Waals surface area contributed by atoms with Gasteiger partial charge in [0.05, 0.1) is 18.6 Å². The number of esters is 1. The van der Waals surface area contributed by atoms with Gasteiger partial charge in [-0.25, -0.2) is 0 Å². The summed E-state index contributed by atoms with van der Waals surface area (Å²) >= 11 is 0. The van der Waals surface area contributed by atoms with E-state index in [0.717, 1.165) is 18.1 Å². The van der Waals surface area contributed by atoms with Crippen LogP contribution in [0.5, 0.6) is 5.75 Å². The number of carbonyl (C=O) groups is 4. The molecule has 3 aliphatic rings. The number of ether oxygens (including phenoxy) is 2. The molecule has 2 aromatic carbocycles. The Bertz CT molecular complexity index is 1710. The summed E-state index contributed by atoms with van der Waals surface area (Å²) in [6, 6.07) is 10.2. The van der Waals surface area contributed by atoms with E-state index >= 15 is 0 Å². The van der Waals surface area contributed by atoms with Crippen molar-refractivity contribution in [1.29, 1.82) is 0 Å². The van der Waals surface area contributed by atoms with Gasteiger partial charge in [-0.15, -0.1) is 0 Å². The lowest BCUT2D eigenvalue weighted by atomic mass is 9.44. The molecular formula is C36H40O10. The number of methoxy groups -OCH3 is 1. The van der Waals surface area contributed by atoms with Crippen LogP contribution in [-0.4, -0.2) is 69.7 Å². The monoisotopic (exact) mass is 632 g/mol. The molecule has 0 amide bonds. The Labute approximate surface area is 267 Å². The molecule has 0 spiro atoms. The van der Waals surface area contributed by atoms with Crippen LogP contribution >= 0.6 is 0 Å². The van der Waals surface area contributed by atoms with Crippen LogP contribution in [-0.2, 0) is 36.7 Å². The second-order valence-corrected chi connectivity index (χ2v) is 13.5. The van der Waals surface area contributed by atoms with Crippen molar-refractivity contribution in [2.24, 2.45) is 22.7 Å². The fraction of sp³-hybridized carbons (Fsp3) is 0.444. The normalized spacial score (nSPS) is 27.3. The smallest absolute Gasteiger partial charge is 0.310 e. The summed E-state index contributed by atoms with van der Waals surface area (Å²) in [6.07, 6.45) is 0.217. The zero-order chi connectivity index (χ0) is 33.9. The van der Waals surface area contributed by atoms with Crippen molar-refractivity contribution in [2.75, 3.05) is 20.3 Å². The van der Waals surface area contributed by atoms with Gasteiger partial charge < -0.3 is 29.9 Å².